The van der Waals surface area contributed by atoms with Gasteiger partial charge in [-0.1, -0.05) is 61.6 Å². The largest absolute Gasteiger partial charge is 0.469 e. The predicted molar refractivity (Wildman–Crippen MR) is 117 cm³/mol. The molecule has 0 aliphatic rings. The van der Waals surface area contributed by atoms with E-state index in [1.54, 1.807) is 0 Å². The molecule has 0 saturated carbocycles. The van der Waals surface area contributed by atoms with Gasteiger partial charge in [0.1, 0.15) is 11.5 Å². The molecule has 1 aromatic heterocycles. The van der Waals surface area contributed by atoms with Gasteiger partial charge in [-0.25, -0.2) is 0 Å². The molecule has 7 heteroatoms. The van der Waals surface area contributed by atoms with Crippen molar-refractivity contribution in [2.24, 2.45) is 11.8 Å². The number of nitrogens with one attached hydrogen (secondary N) is 1. The number of halogens is 1. The number of nitrogens with zero attached hydrogens (tertiary/aromatic N) is 1. The molecule has 0 aliphatic carbocycles. The molecule has 0 saturated heterocycles. The van der Waals surface area contributed by atoms with Gasteiger partial charge in [-0.3, -0.25) is 9.59 Å². The number of benzene rings is 1. The molecule has 0 aliphatic heterocycles. The van der Waals surface area contributed by atoms with Crippen molar-refractivity contribution in [2.75, 3.05) is 13.7 Å². The second kappa shape index (κ2) is 12.4. The summed E-state index contributed by atoms with van der Waals surface area (Å²) in [5.41, 5.74) is 1.57. The van der Waals surface area contributed by atoms with Crippen molar-refractivity contribution in [1.82, 2.24) is 10.5 Å². The predicted octanol–water partition coefficient (Wildman–Crippen LogP) is 5.05. The molecular weight excluding hydrogens is 404 g/mol. The summed E-state index contributed by atoms with van der Waals surface area (Å²) in [7, 11) is 1.35. The molecule has 2 aromatic rings. The number of methoxy groups -OCH3 is 1. The van der Waals surface area contributed by atoms with Gasteiger partial charge < -0.3 is 14.6 Å². The van der Waals surface area contributed by atoms with Gasteiger partial charge in [-0.15, -0.1) is 0 Å². The number of ether oxygens (including phenoxy) is 1. The summed E-state index contributed by atoms with van der Waals surface area (Å²) in [5, 5.41) is 7.73. The van der Waals surface area contributed by atoms with Crippen LogP contribution in [-0.4, -0.2) is 30.7 Å². The minimum absolute atomic E-state index is 0.0817. The molecule has 0 unspecified atom stereocenters. The van der Waals surface area contributed by atoms with E-state index in [-0.39, 0.29) is 24.2 Å². The first-order valence-corrected chi connectivity index (χ1v) is 10.9. The molecule has 1 amide bonds. The lowest BCUT2D eigenvalue weighted by Crippen LogP contribution is -2.33. The number of amides is 1. The lowest BCUT2D eigenvalue weighted by molar-refractivity contribution is -0.144. The van der Waals surface area contributed by atoms with Gasteiger partial charge in [0, 0.05) is 30.5 Å². The molecule has 6 nitrogen and oxygen atoms in total. The van der Waals surface area contributed by atoms with E-state index in [0.29, 0.717) is 23.9 Å². The zero-order chi connectivity index (χ0) is 21.9. The van der Waals surface area contributed by atoms with Crippen molar-refractivity contribution in [3.05, 3.63) is 41.1 Å². The van der Waals surface area contributed by atoms with Crippen molar-refractivity contribution < 1.29 is 18.8 Å². The third-order valence-electron chi connectivity index (χ3n) is 5.11. The number of carbonyl (C=O) groups is 2. The summed E-state index contributed by atoms with van der Waals surface area (Å²) in [6.45, 7) is 4.72. The Morgan fingerprint density at radius 1 is 1.27 bits per heavy atom. The van der Waals surface area contributed by atoms with E-state index in [2.05, 4.69) is 24.3 Å². The highest BCUT2D eigenvalue weighted by atomic mass is 35.5. The van der Waals surface area contributed by atoms with Crippen molar-refractivity contribution >= 4 is 23.5 Å². The third kappa shape index (κ3) is 7.48. The molecule has 30 heavy (non-hydrogen) atoms. The van der Waals surface area contributed by atoms with Gasteiger partial charge >= 0.3 is 5.97 Å². The smallest absolute Gasteiger partial charge is 0.306 e. The quantitative estimate of drug-likeness (QED) is 0.473. The number of hydrogen-bond acceptors (Lipinski definition) is 5. The van der Waals surface area contributed by atoms with Crippen LogP contribution in [0.1, 0.15) is 51.7 Å². The molecule has 2 atom stereocenters. The molecule has 1 aromatic carbocycles. The number of rotatable bonds is 12. The van der Waals surface area contributed by atoms with Crippen LogP contribution in [0.4, 0.5) is 0 Å². The van der Waals surface area contributed by atoms with Crippen molar-refractivity contribution in [1.29, 1.82) is 0 Å². The van der Waals surface area contributed by atoms with Crippen LogP contribution in [0.3, 0.4) is 0 Å². The lowest BCUT2D eigenvalue weighted by Gasteiger charge is -2.16. The van der Waals surface area contributed by atoms with Crippen molar-refractivity contribution in [2.45, 2.75) is 52.4 Å². The van der Waals surface area contributed by atoms with Crippen LogP contribution in [-0.2, 0) is 20.7 Å². The van der Waals surface area contributed by atoms with Crippen LogP contribution in [0.5, 0.6) is 0 Å². The normalized spacial score (nSPS) is 12.9. The Labute approximate surface area is 183 Å². The molecule has 0 fully saturated rings. The van der Waals surface area contributed by atoms with E-state index >= 15 is 0 Å². The Morgan fingerprint density at radius 3 is 2.73 bits per heavy atom. The maximum atomic E-state index is 12.5. The number of carbonyl (C=O) groups excluding carboxylic acids is 2. The highest BCUT2D eigenvalue weighted by Gasteiger charge is 2.22. The number of hydrogen-bond donors (Lipinski definition) is 1. The fourth-order valence-electron chi connectivity index (χ4n) is 3.30. The van der Waals surface area contributed by atoms with Crippen LogP contribution < -0.4 is 5.32 Å². The van der Waals surface area contributed by atoms with Crippen LogP contribution in [0.25, 0.3) is 11.3 Å². The number of esters is 1. The monoisotopic (exact) mass is 434 g/mol. The van der Waals surface area contributed by atoms with E-state index < -0.39 is 0 Å². The Hall–Kier alpha value is -2.34. The number of unbranched alkanes of at least 4 members (excludes halogenated alkanes) is 1. The average molecular weight is 435 g/mol. The van der Waals surface area contributed by atoms with Crippen LogP contribution in [0.2, 0.25) is 5.02 Å². The molecule has 0 radical (unpaired) electrons. The van der Waals surface area contributed by atoms with E-state index in [0.717, 1.165) is 42.7 Å². The molecule has 0 bridgehead atoms. The van der Waals surface area contributed by atoms with Gasteiger partial charge in [0.05, 0.1) is 18.6 Å². The fourth-order valence-corrected chi connectivity index (χ4v) is 3.53. The first-order chi connectivity index (χ1) is 14.4. The Morgan fingerprint density at radius 2 is 2.03 bits per heavy atom. The SMILES string of the molecule is CCCC[C@H](CC(=O)OC)C(=O)NCC[C@@H](C)Cc1cc(-c2ccccc2Cl)no1. The standard InChI is InChI=1S/C23H31ClN2O4/c1-4-5-8-17(14-22(27)29-3)23(28)25-12-11-16(2)13-18-15-21(26-30-18)19-9-6-7-10-20(19)24/h6-7,9-10,15-17H,4-5,8,11-14H2,1-3H3,(H,25,28)/t16-,17-/m1/s1. The fraction of sp³-hybridized carbons (Fsp3) is 0.522. The van der Waals surface area contributed by atoms with E-state index in [1.165, 1.54) is 7.11 Å². The van der Waals surface area contributed by atoms with Gasteiger partial charge in [0.2, 0.25) is 5.91 Å². The van der Waals surface area contributed by atoms with E-state index in [9.17, 15) is 9.59 Å². The van der Waals surface area contributed by atoms with Gasteiger partial charge in [0.15, 0.2) is 0 Å². The van der Waals surface area contributed by atoms with E-state index in [1.807, 2.05) is 30.3 Å². The molecular formula is C23H31ClN2O4. The second-order valence-electron chi connectivity index (χ2n) is 7.67. The maximum Gasteiger partial charge on any atom is 0.306 e. The van der Waals surface area contributed by atoms with Crippen LogP contribution in [0.15, 0.2) is 34.9 Å². The van der Waals surface area contributed by atoms with Gasteiger partial charge in [0.25, 0.3) is 0 Å². The zero-order valence-electron chi connectivity index (χ0n) is 17.9. The molecule has 0 spiro atoms. The Balaban J connectivity index is 1.81. The van der Waals surface area contributed by atoms with Gasteiger partial charge in [-0.2, -0.15) is 0 Å². The summed E-state index contributed by atoms with van der Waals surface area (Å²) < 4.78 is 10.2. The Kier molecular flexibility index (Phi) is 9.87. The molecule has 164 valence electrons. The summed E-state index contributed by atoms with van der Waals surface area (Å²) in [4.78, 5) is 24.0. The summed E-state index contributed by atoms with van der Waals surface area (Å²) in [5.74, 6) is 0.323. The van der Waals surface area contributed by atoms with Crippen molar-refractivity contribution in [3.8, 4) is 11.3 Å². The Bertz CT molecular complexity index is 821. The first kappa shape index (κ1) is 23.9. The molecule has 1 N–H and O–H groups in total. The van der Waals surface area contributed by atoms with Gasteiger partial charge in [-0.05, 0) is 24.8 Å². The highest BCUT2D eigenvalue weighted by Crippen LogP contribution is 2.27. The topological polar surface area (TPSA) is 81.4 Å². The molecule has 1 heterocycles. The summed E-state index contributed by atoms with van der Waals surface area (Å²) >= 11 is 6.22. The van der Waals surface area contributed by atoms with E-state index in [4.69, 9.17) is 20.9 Å². The number of aromatic nitrogens is 1. The minimum atomic E-state index is -0.348. The third-order valence-corrected chi connectivity index (χ3v) is 5.44. The maximum absolute atomic E-state index is 12.5. The zero-order valence-corrected chi connectivity index (χ0v) is 18.7. The minimum Gasteiger partial charge on any atom is -0.469 e. The summed E-state index contributed by atoms with van der Waals surface area (Å²) in [6, 6.07) is 9.43. The first-order valence-electron chi connectivity index (χ1n) is 10.5. The van der Waals surface area contributed by atoms with Crippen LogP contribution in [0, 0.1) is 11.8 Å². The van der Waals surface area contributed by atoms with Crippen LogP contribution >= 0.6 is 11.6 Å². The second-order valence-corrected chi connectivity index (χ2v) is 8.07. The van der Waals surface area contributed by atoms with Crippen molar-refractivity contribution in [3.63, 3.8) is 0 Å². The molecule has 2 rings (SSSR count). The highest BCUT2D eigenvalue weighted by molar-refractivity contribution is 6.33. The summed E-state index contributed by atoms with van der Waals surface area (Å²) in [6.07, 6.45) is 4.22. The lowest BCUT2D eigenvalue weighted by atomic mass is 9.97. The average Bonchev–Trinajstić information content (AvgIpc) is 3.19.